The lowest BCUT2D eigenvalue weighted by Gasteiger charge is -2.57. The summed E-state index contributed by atoms with van der Waals surface area (Å²) in [6, 6.07) is 12.8. The van der Waals surface area contributed by atoms with Crippen LogP contribution in [0.25, 0.3) is 17.0 Å². The summed E-state index contributed by atoms with van der Waals surface area (Å²) in [6.07, 6.45) is 14.8. The van der Waals surface area contributed by atoms with Crippen LogP contribution in [0.5, 0.6) is 0 Å². The van der Waals surface area contributed by atoms with Crippen LogP contribution in [-0.4, -0.2) is 25.4 Å². The summed E-state index contributed by atoms with van der Waals surface area (Å²) in [5.74, 6) is 3.35. The second-order valence-corrected chi connectivity index (χ2v) is 11.7. The van der Waals surface area contributed by atoms with E-state index in [0.29, 0.717) is 29.4 Å². The molecule has 0 bridgehead atoms. The molecule has 0 saturated heterocycles. The standard InChI is InChI=1S/C30H32N4O/c1-29-14-12-21(35)16-20(29)8-9-22-23-10-11-25(30(23,2)15-13-24(22)29)26-17-27(19-6-4-3-5-7-19)34-28(33-26)31-18-32-34/h3-7,12,14,16-18,22-25H,8-11,13,15H2,1-2H3/t22-,23-,24-,25+,29-,30-/m0/s1. The first-order valence-electron chi connectivity index (χ1n) is 13.2. The van der Waals surface area contributed by atoms with Crippen LogP contribution in [-0.2, 0) is 4.79 Å². The summed E-state index contributed by atoms with van der Waals surface area (Å²) in [4.78, 5) is 21.6. The Hall–Kier alpha value is -3.08. The molecule has 4 aliphatic rings. The van der Waals surface area contributed by atoms with Gasteiger partial charge in [-0.1, -0.05) is 55.8 Å². The van der Waals surface area contributed by atoms with Crippen molar-refractivity contribution in [3.8, 4) is 11.3 Å². The number of hydrogen-bond donors (Lipinski definition) is 0. The predicted molar refractivity (Wildman–Crippen MR) is 136 cm³/mol. The zero-order chi connectivity index (χ0) is 23.8. The fourth-order valence-electron chi connectivity index (χ4n) is 8.51. The molecule has 35 heavy (non-hydrogen) atoms. The summed E-state index contributed by atoms with van der Waals surface area (Å²) in [6.45, 7) is 4.93. The van der Waals surface area contributed by atoms with Crippen molar-refractivity contribution in [2.45, 2.75) is 58.3 Å². The van der Waals surface area contributed by atoms with Crippen molar-refractivity contribution in [2.24, 2.45) is 28.6 Å². The van der Waals surface area contributed by atoms with Crippen LogP contribution in [0.2, 0.25) is 0 Å². The SMILES string of the molecule is C[C@]12CC[C@H]3[C@@H](CCC4=CC(=O)C=C[C@@]43C)[C@@H]1CC[C@@H]2c1cc(-c2ccccc2)n2ncnc2n1. The second-order valence-electron chi connectivity index (χ2n) is 11.7. The monoisotopic (exact) mass is 464 g/mol. The van der Waals surface area contributed by atoms with Gasteiger partial charge in [-0.3, -0.25) is 4.79 Å². The highest BCUT2D eigenvalue weighted by Gasteiger charge is 2.59. The molecular weight excluding hydrogens is 432 g/mol. The molecular formula is C30H32N4O. The van der Waals surface area contributed by atoms with Crippen LogP contribution in [0.3, 0.4) is 0 Å². The second kappa shape index (κ2) is 7.46. The topological polar surface area (TPSA) is 60.2 Å². The van der Waals surface area contributed by atoms with Gasteiger partial charge in [-0.05, 0) is 79.9 Å². The highest BCUT2D eigenvalue weighted by atomic mass is 16.1. The number of carbonyl (C=O) groups excluding carboxylic acids is 1. The molecule has 4 aliphatic carbocycles. The zero-order valence-corrected chi connectivity index (χ0v) is 20.5. The lowest BCUT2D eigenvalue weighted by Crippen LogP contribution is -2.49. The first kappa shape index (κ1) is 21.2. The molecule has 0 radical (unpaired) electrons. The third-order valence-corrected chi connectivity index (χ3v) is 10.3. The lowest BCUT2D eigenvalue weighted by atomic mass is 9.47. The summed E-state index contributed by atoms with van der Waals surface area (Å²) in [5.41, 5.74) is 5.06. The maximum Gasteiger partial charge on any atom is 0.252 e. The van der Waals surface area contributed by atoms with Gasteiger partial charge in [0.1, 0.15) is 6.33 Å². The molecule has 5 heteroatoms. The van der Waals surface area contributed by atoms with Gasteiger partial charge in [-0.15, -0.1) is 0 Å². The van der Waals surface area contributed by atoms with Gasteiger partial charge in [0, 0.05) is 16.9 Å². The Bertz CT molecular complexity index is 1390. The number of aromatic nitrogens is 4. The third kappa shape index (κ3) is 3.00. The molecule has 0 amide bonds. The van der Waals surface area contributed by atoms with E-state index in [0.717, 1.165) is 17.7 Å². The van der Waals surface area contributed by atoms with Crippen molar-refractivity contribution in [3.05, 3.63) is 72.2 Å². The van der Waals surface area contributed by atoms with Gasteiger partial charge in [0.05, 0.1) is 11.4 Å². The number of ketones is 1. The van der Waals surface area contributed by atoms with Gasteiger partial charge in [-0.25, -0.2) is 4.98 Å². The smallest absolute Gasteiger partial charge is 0.252 e. The van der Waals surface area contributed by atoms with E-state index < -0.39 is 0 Å². The molecule has 6 atom stereocenters. The number of nitrogens with zero attached hydrogens (tertiary/aromatic N) is 4. The van der Waals surface area contributed by atoms with Gasteiger partial charge in [0.2, 0.25) is 0 Å². The van der Waals surface area contributed by atoms with Gasteiger partial charge in [-0.2, -0.15) is 14.6 Å². The van der Waals surface area contributed by atoms with Crippen LogP contribution >= 0.6 is 0 Å². The highest BCUT2D eigenvalue weighted by molar-refractivity contribution is 6.01. The van der Waals surface area contributed by atoms with Crippen LogP contribution < -0.4 is 0 Å². The maximum absolute atomic E-state index is 12.1. The average Bonchev–Trinajstić information content (AvgIpc) is 3.48. The van der Waals surface area contributed by atoms with Crippen molar-refractivity contribution in [2.75, 3.05) is 0 Å². The largest absolute Gasteiger partial charge is 0.290 e. The zero-order valence-electron chi connectivity index (χ0n) is 20.5. The Balaban J connectivity index is 1.26. The van der Waals surface area contributed by atoms with Crippen molar-refractivity contribution >= 4 is 11.6 Å². The molecule has 5 nitrogen and oxygen atoms in total. The number of allylic oxidation sites excluding steroid dienone is 4. The van der Waals surface area contributed by atoms with Gasteiger partial charge >= 0.3 is 0 Å². The fourth-order valence-corrected chi connectivity index (χ4v) is 8.51. The van der Waals surface area contributed by atoms with Gasteiger partial charge in [0.15, 0.2) is 5.78 Å². The number of rotatable bonds is 2. The maximum atomic E-state index is 12.1. The van der Waals surface area contributed by atoms with E-state index >= 15 is 0 Å². The Kier molecular flexibility index (Phi) is 4.52. The molecule has 3 aromatic rings. The molecule has 0 aliphatic heterocycles. The number of fused-ring (bicyclic) bond motifs is 6. The van der Waals surface area contributed by atoms with Crippen molar-refractivity contribution < 1.29 is 4.79 Å². The summed E-state index contributed by atoms with van der Waals surface area (Å²) in [7, 11) is 0. The Morgan fingerprint density at radius 3 is 2.74 bits per heavy atom. The van der Waals surface area contributed by atoms with Gasteiger partial charge < -0.3 is 0 Å². The first-order valence-corrected chi connectivity index (χ1v) is 13.2. The average molecular weight is 465 g/mol. The minimum atomic E-state index is 0.0510. The molecule has 7 rings (SSSR count). The van der Waals surface area contributed by atoms with Gasteiger partial charge in [0.25, 0.3) is 5.78 Å². The van der Waals surface area contributed by atoms with Crippen molar-refractivity contribution in [3.63, 3.8) is 0 Å². The molecule has 2 heterocycles. The molecule has 3 fully saturated rings. The number of hydrogen-bond acceptors (Lipinski definition) is 4. The van der Waals surface area contributed by atoms with E-state index in [1.807, 2.05) is 22.7 Å². The Labute approximate surface area is 206 Å². The van der Waals surface area contributed by atoms with E-state index in [1.165, 1.54) is 43.4 Å². The normalized spacial score (nSPS) is 35.9. The van der Waals surface area contributed by atoms with Crippen LogP contribution in [0.4, 0.5) is 0 Å². The molecule has 0 unspecified atom stereocenters. The van der Waals surface area contributed by atoms with Crippen molar-refractivity contribution in [1.29, 1.82) is 0 Å². The third-order valence-electron chi connectivity index (χ3n) is 10.3. The summed E-state index contributed by atoms with van der Waals surface area (Å²) in [5, 5.41) is 4.47. The molecule has 0 N–H and O–H groups in total. The summed E-state index contributed by atoms with van der Waals surface area (Å²) >= 11 is 0. The first-order chi connectivity index (χ1) is 17.0. The van der Waals surface area contributed by atoms with E-state index in [1.54, 1.807) is 6.33 Å². The van der Waals surface area contributed by atoms with E-state index in [2.05, 4.69) is 60.3 Å². The minimum Gasteiger partial charge on any atom is -0.290 e. The Morgan fingerprint density at radius 2 is 1.89 bits per heavy atom. The Morgan fingerprint density at radius 1 is 1.03 bits per heavy atom. The number of carbonyl (C=O) groups is 1. The van der Waals surface area contributed by atoms with Crippen LogP contribution in [0.15, 0.2) is 66.5 Å². The quantitative estimate of drug-likeness (QED) is 0.454. The molecule has 1 aromatic carbocycles. The van der Waals surface area contributed by atoms with Crippen molar-refractivity contribution in [1.82, 2.24) is 19.6 Å². The predicted octanol–water partition coefficient (Wildman–Crippen LogP) is 6.18. The van der Waals surface area contributed by atoms with E-state index in [9.17, 15) is 4.79 Å². The minimum absolute atomic E-state index is 0.0510. The number of benzene rings is 1. The molecule has 3 saturated carbocycles. The van der Waals surface area contributed by atoms with E-state index in [4.69, 9.17) is 4.98 Å². The molecule has 178 valence electrons. The molecule has 2 aromatic heterocycles. The lowest BCUT2D eigenvalue weighted by molar-refractivity contribution is -0.111. The fraction of sp³-hybridized carbons (Fsp3) is 0.467. The molecule has 0 spiro atoms. The highest BCUT2D eigenvalue weighted by Crippen LogP contribution is 2.67. The van der Waals surface area contributed by atoms with Crippen LogP contribution in [0.1, 0.15) is 64.0 Å². The van der Waals surface area contributed by atoms with E-state index in [-0.39, 0.29) is 16.6 Å². The summed E-state index contributed by atoms with van der Waals surface area (Å²) < 4.78 is 1.87. The van der Waals surface area contributed by atoms with Crippen LogP contribution in [0, 0.1) is 28.6 Å².